The fourth-order valence-corrected chi connectivity index (χ4v) is 4.59. The number of aliphatic hydroxyl groups excluding tert-OH is 1. The van der Waals surface area contributed by atoms with Crippen LogP contribution in [0.1, 0.15) is 57.9 Å². The van der Waals surface area contributed by atoms with Crippen LogP contribution >= 0.6 is 0 Å². The van der Waals surface area contributed by atoms with Gasteiger partial charge in [-0.3, -0.25) is 14.2 Å². The molecule has 2 atom stereocenters. The molecule has 0 bridgehead atoms. The molecule has 2 heterocycles. The fraction of sp³-hybridized carbons (Fsp3) is 0.600. The van der Waals surface area contributed by atoms with Gasteiger partial charge in [0.05, 0.1) is 11.5 Å². The number of amides is 1. The lowest BCUT2D eigenvalue weighted by Crippen LogP contribution is -2.39. The van der Waals surface area contributed by atoms with Gasteiger partial charge in [-0.2, -0.15) is 4.98 Å². The van der Waals surface area contributed by atoms with Gasteiger partial charge in [0.2, 0.25) is 11.9 Å². The highest BCUT2D eigenvalue weighted by Crippen LogP contribution is 2.32. The van der Waals surface area contributed by atoms with Crippen LogP contribution in [0.2, 0.25) is 0 Å². The van der Waals surface area contributed by atoms with Crippen molar-refractivity contribution in [2.24, 2.45) is 0 Å². The molecule has 9 nitrogen and oxygen atoms in total. The molecule has 2 aromatic heterocycles. The van der Waals surface area contributed by atoms with Crippen LogP contribution in [-0.2, 0) is 4.79 Å². The van der Waals surface area contributed by atoms with Crippen molar-refractivity contribution in [2.75, 3.05) is 11.1 Å². The topological polar surface area (TPSA) is 135 Å². The number of aromatic nitrogens is 3. The number of pyridine rings is 1. The van der Waals surface area contributed by atoms with Gasteiger partial charge >= 0.3 is 0 Å². The number of nitrogens with one attached hydrogen (secondary N) is 2. The van der Waals surface area contributed by atoms with E-state index in [4.69, 9.17) is 5.73 Å². The molecule has 29 heavy (non-hydrogen) atoms. The minimum absolute atomic E-state index is 0.00635. The number of nitrogens with zero attached hydrogens (tertiary/aromatic N) is 3. The quantitative estimate of drug-likeness (QED) is 0.608. The summed E-state index contributed by atoms with van der Waals surface area (Å²) in [6.07, 6.45) is 6.85. The van der Waals surface area contributed by atoms with Crippen molar-refractivity contribution in [1.82, 2.24) is 19.9 Å². The molecule has 2 fully saturated rings. The van der Waals surface area contributed by atoms with Gasteiger partial charge in [0.25, 0.3) is 5.56 Å². The van der Waals surface area contributed by atoms with Crippen molar-refractivity contribution >= 4 is 28.6 Å². The predicted molar refractivity (Wildman–Crippen MR) is 111 cm³/mol. The summed E-state index contributed by atoms with van der Waals surface area (Å²) >= 11 is 0. The zero-order valence-corrected chi connectivity index (χ0v) is 16.6. The Hall–Kier alpha value is -2.68. The van der Waals surface area contributed by atoms with Crippen molar-refractivity contribution in [3.05, 3.63) is 22.6 Å². The highest BCUT2D eigenvalue weighted by atomic mass is 16.3. The van der Waals surface area contributed by atoms with Crippen LogP contribution < -0.4 is 21.9 Å². The van der Waals surface area contributed by atoms with Crippen LogP contribution in [0.25, 0.3) is 11.0 Å². The monoisotopic (exact) mass is 400 g/mol. The average Bonchev–Trinajstić information content (AvgIpc) is 3.08. The van der Waals surface area contributed by atoms with E-state index in [1.54, 1.807) is 17.7 Å². The molecule has 0 radical (unpaired) electrons. The third kappa shape index (κ3) is 4.19. The van der Waals surface area contributed by atoms with Crippen LogP contribution in [-0.4, -0.2) is 43.7 Å². The molecule has 2 aliphatic carbocycles. The normalized spacial score (nSPS) is 27.1. The Morgan fingerprint density at radius 1 is 1.21 bits per heavy atom. The van der Waals surface area contributed by atoms with Crippen LogP contribution in [0, 0.1) is 0 Å². The molecule has 1 amide bonds. The Kier molecular flexibility index (Phi) is 5.40. The molecule has 2 aromatic rings. The van der Waals surface area contributed by atoms with Crippen molar-refractivity contribution in [3.8, 4) is 0 Å². The first-order valence-corrected chi connectivity index (χ1v) is 10.3. The molecule has 9 heteroatoms. The Bertz CT molecular complexity index is 967. The second-order valence-corrected chi connectivity index (χ2v) is 8.25. The molecule has 5 N–H and O–H groups in total. The maximum Gasteiger partial charge on any atom is 0.254 e. The Morgan fingerprint density at radius 2 is 1.93 bits per heavy atom. The van der Waals surface area contributed by atoms with E-state index in [1.807, 2.05) is 0 Å². The van der Waals surface area contributed by atoms with Gasteiger partial charge in [-0.15, -0.1) is 0 Å². The van der Waals surface area contributed by atoms with Crippen LogP contribution in [0.3, 0.4) is 0 Å². The van der Waals surface area contributed by atoms with E-state index in [0.717, 1.165) is 32.1 Å². The SMILES string of the molecule is CC(=O)NC1CCC(Nc2ncc3c(N)cc(=O)n(C4CC[C@@H](O)C4)c3n2)CC1. The zero-order chi connectivity index (χ0) is 20.5. The molecule has 4 rings (SSSR count). The predicted octanol–water partition coefficient (Wildman–Crippen LogP) is 1.32. The second-order valence-electron chi connectivity index (χ2n) is 8.25. The van der Waals surface area contributed by atoms with Gasteiger partial charge in [-0.25, -0.2) is 4.98 Å². The van der Waals surface area contributed by atoms with E-state index in [0.29, 0.717) is 35.5 Å². The lowest BCUT2D eigenvalue weighted by molar-refractivity contribution is -0.119. The first-order valence-electron chi connectivity index (χ1n) is 10.3. The van der Waals surface area contributed by atoms with Crippen LogP contribution in [0.15, 0.2) is 17.1 Å². The number of fused-ring (bicyclic) bond motifs is 1. The molecule has 2 aliphatic rings. The Labute approximate surface area is 168 Å². The van der Waals surface area contributed by atoms with E-state index >= 15 is 0 Å². The van der Waals surface area contributed by atoms with E-state index in [2.05, 4.69) is 20.6 Å². The first kappa shape index (κ1) is 19.6. The highest BCUT2D eigenvalue weighted by Gasteiger charge is 2.27. The number of aliphatic hydroxyl groups is 1. The summed E-state index contributed by atoms with van der Waals surface area (Å²) in [6, 6.07) is 1.76. The van der Waals surface area contributed by atoms with Crippen molar-refractivity contribution in [3.63, 3.8) is 0 Å². The number of rotatable bonds is 4. The summed E-state index contributed by atoms with van der Waals surface area (Å²) < 4.78 is 1.66. The Morgan fingerprint density at radius 3 is 2.59 bits per heavy atom. The van der Waals surface area contributed by atoms with Gasteiger partial charge in [0.15, 0.2) is 5.65 Å². The molecule has 0 aliphatic heterocycles. The lowest BCUT2D eigenvalue weighted by atomic mass is 9.91. The summed E-state index contributed by atoms with van der Waals surface area (Å²) in [4.78, 5) is 32.9. The van der Waals surface area contributed by atoms with E-state index in [1.165, 1.54) is 6.07 Å². The largest absolute Gasteiger partial charge is 0.398 e. The number of nitrogens with two attached hydrogens (primary N) is 1. The molecule has 0 aromatic carbocycles. The molecular weight excluding hydrogens is 372 g/mol. The third-order valence-corrected chi connectivity index (χ3v) is 6.03. The minimum atomic E-state index is -0.391. The van der Waals surface area contributed by atoms with Gasteiger partial charge in [-0.05, 0) is 44.9 Å². The summed E-state index contributed by atoms with van der Waals surface area (Å²) in [6.45, 7) is 1.54. The van der Waals surface area contributed by atoms with Gasteiger partial charge < -0.3 is 21.5 Å². The van der Waals surface area contributed by atoms with Crippen LogP contribution in [0.5, 0.6) is 0 Å². The third-order valence-electron chi connectivity index (χ3n) is 6.03. The number of hydrogen-bond donors (Lipinski definition) is 4. The van der Waals surface area contributed by atoms with E-state index in [9.17, 15) is 14.7 Å². The van der Waals surface area contributed by atoms with E-state index < -0.39 is 6.10 Å². The Balaban J connectivity index is 1.57. The van der Waals surface area contributed by atoms with Crippen molar-refractivity contribution in [2.45, 2.75) is 76.1 Å². The summed E-state index contributed by atoms with van der Waals surface area (Å²) in [5.74, 6) is 0.477. The minimum Gasteiger partial charge on any atom is -0.398 e. The summed E-state index contributed by atoms with van der Waals surface area (Å²) in [5, 5.41) is 16.9. The summed E-state index contributed by atoms with van der Waals surface area (Å²) in [7, 11) is 0. The van der Waals surface area contributed by atoms with Gasteiger partial charge in [-0.1, -0.05) is 0 Å². The smallest absolute Gasteiger partial charge is 0.254 e. The number of carbonyl (C=O) groups is 1. The second kappa shape index (κ2) is 7.98. The number of nitrogen functional groups attached to an aromatic ring is 1. The molecule has 1 unspecified atom stereocenters. The molecular formula is C20H28N6O3. The maximum atomic E-state index is 12.7. The summed E-state index contributed by atoms with van der Waals surface area (Å²) in [5.41, 5.74) is 6.72. The highest BCUT2D eigenvalue weighted by molar-refractivity contribution is 5.87. The van der Waals surface area contributed by atoms with Crippen molar-refractivity contribution < 1.29 is 9.90 Å². The molecule has 156 valence electrons. The maximum absolute atomic E-state index is 12.7. The lowest BCUT2D eigenvalue weighted by Gasteiger charge is -2.29. The number of anilines is 2. The van der Waals surface area contributed by atoms with Gasteiger partial charge in [0.1, 0.15) is 0 Å². The number of hydrogen-bond acceptors (Lipinski definition) is 7. The average molecular weight is 400 g/mol. The zero-order valence-electron chi connectivity index (χ0n) is 16.6. The molecule has 2 saturated carbocycles. The number of carbonyl (C=O) groups excluding carboxylic acids is 1. The van der Waals surface area contributed by atoms with Crippen molar-refractivity contribution in [1.29, 1.82) is 0 Å². The van der Waals surface area contributed by atoms with Gasteiger partial charge in [0, 0.05) is 43.0 Å². The molecule has 0 saturated heterocycles. The van der Waals surface area contributed by atoms with Crippen LogP contribution in [0.4, 0.5) is 11.6 Å². The first-order chi connectivity index (χ1) is 13.9. The molecule has 0 spiro atoms. The fourth-order valence-electron chi connectivity index (χ4n) is 4.59. The van der Waals surface area contributed by atoms with E-state index in [-0.39, 0.29) is 29.6 Å². The standard InChI is InChI=1S/C20H28N6O3/c1-11(27)23-12-2-4-13(5-3-12)24-20-22-10-16-17(21)9-18(29)26(19(16)25-20)14-6-7-15(28)8-14/h9-10,12-15,28H,2-8,21H2,1H3,(H,23,27)(H,22,24,25)/t12?,13?,14?,15-/m1/s1.